The van der Waals surface area contributed by atoms with Crippen molar-refractivity contribution in [1.29, 1.82) is 0 Å². The van der Waals surface area contributed by atoms with Gasteiger partial charge in [-0.25, -0.2) is 0 Å². The molecule has 0 aliphatic heterocycles. The molecule has 0 unspecified atom stereocenters. The van der Waals surface area contributed by atoms with Gasteiger partial charge in [-0.15, -0.1) is 0 Å². The van der Waals surface area contributed by atoms with Gasteiger partial charge in [-0.05, 0) is 17.5 Å². The lowest BCUT2D eigenvalue weighted by atomic mass is 10.1. The van der Waals surface area contributed by atoms with E-state index in [1.807, 2.05) is 30.3 Å². The molecular formula is C11H14O2. The van der Waals surface area contributed by atoms with Gasteiger partial charge >= 0.3 is 0 Å². The zero-order chi connectivity index (χ0) is 9.52. The fraction of sp³-hybridized carbons (Fsp3) is 0.273. The second-order valence-electron chi connectivity index (χ2n) is 2.80. The lowest BCUT2D eigenvalue weighted by Gasteiger charge is -1.98. The first kappa shape index (κ1) is 9.96. The maximum atomic E-state index is 8.68. The quantitative estimate of drug-likeness (QED) is 0.728. The summed E-state index contributed by atoms with van der Waals surface area (Å²) in [5.41, 5.74) is 2.19. The molecule has 0 amide bonds. The van der Waals surface area contributed by atoms with Crippen LogP contribution in [0.25, 0.3) is 6.08 Å². The van der Waals surface area contributed by atoms with Gasteiger partial charge in [0.1, 0.15) is 0 Å². The molecule has 13 heavy (non-hydrogen) atoms. The second kappa shape index (κ2) is 5.51. The van der Waals surface area contributed by atoms with Gasteiger partial charge in [-0.2, -0.15) is 0 Å². The molecule has 1 aromatic carbocycles. The van der Waals surface area contributed by atoms with Crippen LogP contribution < -0.4 is 0 Å². The van der Waals surface area contributed by atoms with Crippen molar-refractivity contribution in [3.05, 3.63) is 41.5 Å². The Balaban J connectivity index is 2.64. The first-order valence-electron chi connectivity index (χ1n) is 4.34. The Morgan fingerprint density at radius 3 is 2.31 bits per heavy atom. The monoisotopic (exact) mass is 178 g/mol. The van der Waals surface area contributed by atoms with E-state index < -0.39 is 0 Å². The molecule has 0 heterocycles. The van der Waals surface area contributed by atoms with Gasteiger partial charge in [0, 0.05) is 6.61 Å². The van der Waals surface area contributed by atoms with E-state index >= 15 is 0 Å². The Morgan fingerprint density at radius 1 is 1.08 bits per heavy atom. The van der Waals surface area contributed by atoms with Crippen molar-refractivity contribution in [2.24, 2.45) is 0 Å². The van der Waals surface area contributed by atoms with Gasteiger partial charge in [-0.1, -0.05) is 36.4 Å². The molecule has 0 aromatic heterocycles. The highest BCUT2D eigenvalue weighted by Gasteiger charge is 1.90. The van der Waals surface area contributed by atoms with Crippen molar-refractivity contribution in [1.82, 2.24) is 0 Å². The van der Waals surface area contributed by atoms with Crippen molar-refractivity contribution < 1.29 is 10.2 Å². The Morgan fingerprint density at radius 2 is 1.77 bits per heavy atom. The molecule has 0 radical (unpaired) electrons. The highest BCUT2D eigenvalue weighted by Crippen LogP contribution is 2.06. The van der Waals surface area contributed by atoms with E-state index in [0.29, 0.717) is 6.42 Å². The lowest BCUT2D eigenvalue weighted by molar-refractivity contribution is 0.299. The molecule has 0 aliphatic rings. The molecule has 0 saturated carbocycles. The molecule has 0 aliphatic carbocycles. The van der Waals surface area contributed by atoms with Crippen molar-refractivity contribution in [2.75, 3.05) is 13.2 Å². The Labute approximate surface area is 78.2 Å². The molecule has 0 bridgehead atoms. The van der Waals surface area contributed by atoms with Gasteiger partial charge < -0.3 is 10.2 Å². The van der Waals surface area contributed by atoms with Gasteiger partial charge in [0.05, 0.1) is 6.61 Å². The number of hydrogen-bond donors (Lipinski definition) is 2. The maximum Gasteiger partial charge on any atom is 0.0615 e. The average molecular weight is 178 g/mol. The second-order valence-corrected chi connectivity index (χ2v) is 2.80. The Kier molecular flexibility index (Phi) is 4.23. The van der Waals surface area contributed by atoms with E-state index in [9.17, 15) is 0 Å². The fourth-order valence-electron chi connectivity index (χ4n) is 1.11. The molecule has 0 saturated heterocycles. The molecule has 0 fully saturated rings. The van der Waals surface area contributed by atoms with Gasteiger partial charge in [0.2, 0.25) is 0 Å². The minimum Gasteiger partial charge on any atom is -0.396 e. The first-order valence-corrected chi connectivity index (χ1v) is 4.34. The lowest BCUT2D eigenvalue weighted by Crippen LogP contribution is -1.89. The average Bonchev–Trinajstić information content (AvgIpc) is 2.17. The summed E-state index contributed by atoms with van der Waals surface area (Å²) in [5.74, 6) is 0. The molecular weight excluding hydrogens is 164 g/mol. The van der Waals surface area contributed by atoms with Crippen molar-refractivity contribution in [2.45, 2.75) is 6.42 Å². The third-order valence-corrected chi connectivity index (χ3v) is 1.80. The van der Waals surface area contributed by atoms with Gasteiger partial charge in [-0.3, -0.25) is 0 Å². The Bertz CT molecular complexity index is 262. The van der Waals surface area contributed by atoms with E-state index in [-0.39, 0.29) is 13.2 Å². The maximum absolute atomic E-state index is 8.68. The predicted molar refractivity (Wildman–Crippen MR) is 53.4 cm³/mol. The molecule has 2 nitrogen and oxygen atoms in total. The highest BCUT2D eigenvalue weighted by molar-refractivity contribution is 5.49. The summed E-state index contributed by atoms with van der Waals surface area (Å²) in [5, 5.41) is 17.2. The number of hydrogen-bond acceptors (Lipinski definition) is 2. The summed E-state index contributed by atoms with van der Waals surface area (Å²) >= 11 is 0. The van der Waals surface area contributed by atoms with E-state index in [0.717, 1.165) is 11.1 Å². The van der Waals surface area contributed by atoms with Gasteiger partial charge in [0.25, 0.3) is 0 Å². The summed E-state index contributed by atoms with van der Waals surface area (Å²) in [6.45, 7) is 0.254. The van der Waals surface area contributed by atoms with Crippen LogP contribution in [0.4, 0.5) is 0 Å². The molecule has 0 spiro atoms. The van der Waals surface area contributed by atoms with Crippen LogP contribution in [-0.4, -0.2) is 23.4 Å². The van der Waals surface area contributed by atoms with Crippen molar-refractivity contribution in [3.8, 4) is 0 Å². The molecule has 70 valence electrons. The SMILES string of the molecule is OCC=Cc1ccc(CCO)cc1. The Hall–Kier alpha value is -1.12. The van der Waals surface area contributed by atoms with Crippen molar-refractivity contribution >= 4 is 6.08 Å². The summed E-state index contributed by atoms with van der Waals surface area (Å²) < 4.78 is 0. The minimum atomic E-state index is 0.0678. The van der Waals surface area contributed by atoms with E-state index in [1.54, 1.807) is 6.08 Å². The molecule has 0 atom stereocenters. The smallest absolute Gasteiger partial charge is 0.0615 e. The first-order chi connectivity index (χ1) is 6.36. The van der Waals surface area contributed by atoms with Crippen LogP contribution >= 0.6 is 0 Å². The van der Waals surface area contributed by atoms with Crippen LogP contribution in [0, 0.1) is 0 Å². The summed E-state index contributed by atoms with van der Waals surface area (Å²) in [6.07, 6.45) is 4.26. The van der Waals surface area contributed by atoms with E-state index in [4.69, 9.17) is 10.2 Å². The van der Waals surface area contributed by atoms with Crippen LogP contribution in [0.15, 0.2) is 30.3 Å². The normalized spacial score (nSPS) is 10.9. The highest BCUT2D eigenvalue weighted by atomic mass is 16.3. The van der Waals surface area contributed by atoms with E-state index in [2.05, 4.69) is 0 Å². The van der Waals surface area contributed by atoms with Crippen LogP contribution in [0.5, 0.6) is 0 Å². The summed E-state index contributed by atoms with van der Waals surface area (Å²) in [4.78, 5) is 0. The number of benzene rings is 1. The third kappa shape index (κ3) is 3.40. The predicted octanol–water partition coefficient (Wildman–Crippen LogP) is 1.23. The zero-order valence-corrected chi connectivity index (χ0v) is 7.48. The topological polar surface area (TPSA) is 40.5 Å². The fourth-order valence-corrected chi connectivity index (χ4v) is 1.11. The van der Waals surface area contributed by atoms with E-state index in [1.165, 1.54) is 0 Å². The summed E-state index contributed by atoms with van der Waals surface area (Å²) in [7, 11) is 0. The third-order valence-electron chi connectivity index (χ3n) is 1.80. The van der Waals surface area contributed by atoms with Crippen LogP contribution in [0.1, 0.15) is 11.1 Å². The van der Waals surface area contributed by atoms with Crippen LogP contribution in [-0.2, 0) is 6.42 Å². The van der Waals surface area contributed by atoms with Gasteiger partial charge in [0.15, 0.2) is 0 Å². The van der Waals surface area contributed by atoms with Crippen LogP contribution in [0.3, 0.4) is 0 Å². The number of rotatable bonds is 4. The number of aliphatic hydroxyl groups is 2. The van der Waals surface area contributed by atoms with Crippen LogP contribution in [0.2, 0.25) is 0 Å². The largest absolute Gasteiger partial charge is 0.396 e. The van der Waals surface area contributed by atoms with Crippen molar-refractivity contribution in [3.63, 3.8) is 0 Å². The standard InChI is InChI=1S/C11H14O2/c12-8-1-2-10-3-5-11(6-4-10)7-9-13/h1-6,12-13H,7-9H2. The summed E-state index contributed by atoms with van der Waals surface area (Å²) in [6, 6.07) is 7.90. The molecule has 1 aromatic rings. The zero-order valence-electron chi connectivity index (χ0n) is 7.48. The number of aliphatic hydroxyl groups excluding tert-OH is 2. The molecule has 2 N–H and O–H groups in total. The minimum absolute atomic E-state index is 0.0678. The molecule has 2 heteroatoms. The molecule has 1 rings (SSSR count).